The molecule has 1 heterocycles. The van der Waals surface area contributed by atoms with Gasteiger partial charge in [-0.2, -0.15) is 30.6 Å². The van der Waals surface area contributed by atoms with E-state index < -0.39 is 22.9 Å². The Morgan fingerprint density at radius 2 is 2.12 bits per heavy atom. The fraction of sp³-hybridized carbons (Fsp3) is 1.00. The monoisotopic (exact) mass is 275 g/mol. The Balaban J connectivity index is 2.45. The molecule has 1 unspecified atom stereocenters. The number of alkyl halides is 3. The smallest absolute Gasteiger partial charge is 0.313 e. The van der Waals surface area contributed by atoms with Crippen LogP contribution in [0.25, 0.3) is 0 Å². The highest BCUT2D eigenvalue weighted by Crippen LogP contribution is 2.13. The van der Waals surface area contributed by atoms with Crippen LogP contribution in [0.2, 0.25) is 0 Å². The summed E-state index contributed by atoms with van der Waals surface area (Å²) in [6.45, 7) is -0.556. The third-order valence-electron chi connectivity index (χ3n) is 2.51. The van der Waals surface area contributed by atoms with Gasteiger partial charge < -0.3 is 5.32 Å². The number of nitrogens with zero attached hydrogens (tertiary/aromatic N) is 1. The number of nitrogens with one attached hydrogen (secondary N) is 2. The van der Waals surface area contributed by atoms with E-state index >= 15 is 0 Å². The van der Waals surface area contributed by atoms with Gasteiger partial charge in [0.2, 0.25) is 0 Å². The normalized spacial score (nSPS) is 22.3. The zero-order valence-corrected chi connectivity index (χ0v) is 10.2. The van der Waals surface area contributed by atoms with E-state index in [4.69, 9.17) is 0 Å². The minimum atomic E-state index is -4.54. The summed E-state index contributed by atoms with van der Waals surface area (Å²) >= 11 is 0. The second-order valence-electron chi connectivity index (χ2n) is 4.02. The van der Waals surface area contributed by atoms with Gasteiger partial charge in [0, 0.05) is 19.6 Å². The van der Waals surface area contributed by atoms with Gasteiger partial charge in [-0.05, 0) is 19.4 Å². The summed E-state index contributed by atoms with van der Waals surface area (Å²) in [6, 6.07) is 0.0162. The fourth-order valence-corrected chi connectivity index (χ4v) is 2.55. The lowest BCUT2D eigenvalue weighted by atomic mass is 10.2. The van der Waals surface area contributed by atoms with Crippen LogP contribution < -0.4 is 10.0 Å². The molecule has 0 aromatic heterocycles. The first-order valence-electron chi connectivity index (χ1n) is 5.22. The molecule has 0 aromatic carbocycles. The first-order chi connectivity index (χ1) is 7.71. The average Bonchev–Trinajstić information content (AvgIpc) is 2.66. The average molecular weight is 275 g/mol. The molecule has 1 atom stereocenters. The van der Waals surface area contributed by atoms with E-state index in [1.165, 1.54) is 11.8 Å². The molecule has 2 N–H and O–H groups in total. The zero-order chi connectivity index (χ0) is 13.1. The minimum Gasteiger partial charge on any atom is -0.313 e. The van der Waals surface area contributed by atoms with Gasteiger partial charge in [0.15, 0.2) is 0 Å². The molecule has 0 aromatic rings. The Labute approximate surface area is 98.5 Å². The Morgan fingerprint density at radius 1 is 1.47 bits per heavy atom. The van der Waals surface area contributed by atoms with Crippen LogP contribution in [0.1, 0.15) is 12.8 Å². The van der Waals surface area contributed by atoms with Crippen molar-refractivity contribution in [2.75, 3.05) is 26.7 Å². The predicted molar refractivity (Wildman–Crippen MR) is 56.6 cm³/mol. The molecule has 0 aliphatic carbocycles. The largest absolute Gasteiger partial charge is 0.402 e. The van der Waals surface area contributed by atoms with E-state index in [1.807, 2.05) is 0 Å². The Bertz CT molecular complexity index is 338. The van der Waals surface area contributed by atoms with Crippen molar-refractivity contribution in [3.8, 4) is 0 Å². The predicted octanol–water partition coefficient (Wildman–Crippen LogP) is 0.0669. The van der Waals surface area contributed by atoms with Gasteiger partial charge in [-0.3, -0.25) is 0 Å². The molecular formula is C8H16F3N3O2S. The summed E-state index contributed by atoms with van der Waals surface area (Å²) in [7, 11) is -2.80. The molecule has 1 aliphatic rings. The van der Waals surface area contributed by atoms with Crippen molar-refractivity contribution in [2.45, 2.75) is 25.1 Å². The van der Waals surface area contributed by atoms with Crippen LogP contribution in [-0.4, -0.2) is 51.6 Å². The lowest BCUT2D eigenvalue weighted by Crippen LogP contribution is -2.46. The molecular weight excluding hydrogens is 259 g/mol. The van der Waals surface area contributed by atoms with Gasteiger partial charge in [-0.15, -0.1) is 0 Å². The maximum Gasteiger partial charge on any atom is 0.402 e. The van der Waals surface area contributed by atoms with Crippen molar-refractivity contribution in [2.24, 2.45) is 0 Å². The van der Waals surface area contributed by atoms with E-state index in [0.717, 1.165) is 23.7 Å². The van der Waals surface area contributed by atoms with Crippen LogP contribution >= 0.6 is 0 Å². The molecule has 17 heavy (non-hydrogen) atoms. The highest BCUT2D eigenvalue weighted by molar-refractivity contribution is 7.87. The Morgan fingerprint density at radius 3 is 2.59 bits per heavy atom. The van der Waals surface area contributed by atoms with Crippen molar-refractivity contribution in [3.63, 3.8) is 0 Å². The third-order valence-corrected chi connectivity index (χ3v) is 3.98. The quantitative estimate of drug-likeness (QED) is 0.746. The maximum absolute atomic E-state index is 11.9. The molecule has 0 radical (unpaired) electrons. The van der Waals surface area contributed by atoms with Crippen LogP contribution in [-0.2, 0) is 10.2 Å². The standard InChI is InChI=1S/C8H16F3N3O2S/c1-14(5-7-3-2-4-12-7)17(15,16)13-6-8(9,10)11/h7,12-13H,2-6H2,1H3. The molecule has 0 spiro atoms. The molecule has 5 nitrogen and oxygen atoms in total. The third kappa shape index (κ3) is 5.19. The minimum absolute atomic E-state index is 0.0162. The molecule has 0 bridgehead atoms. The topological polar surface area (TPSA) is 61.4 Å². The molecule has 0 amide bonds. The Hall–Kier alpha value is -0.380. The van der Waals surface area contributed by atoms with Crippen LogP contribution in [0.3, 0.4) is 0 Å². The van der Waals surface area contributed by atoms with Crippen molar-refractivity contribution in [3.05, 3.63) is 0 Å². The molecule has 1 fully saturated rings. The Kier molecular flexibility index (Phi) is 4.76. The van der Waals surface area contributed by atoms with Gasteiger partial charge in [0.1, 0.15) is 6.54 Å². The van der Waals surface area contributed by atoms with Crippen molar-refractivity contribution in [1.82, 2.24) is 14.3 Å². The summed E-state index contributed by atoms with van der Waals surface area (Å²) in [6.07, 6.45) is -2.76. The van der Waals surface area contributed by atoms with E-state index in [-0.39, 0.29) is 12.6 Å². The summed E-state index contributed by atoms with van der Waals surface area (Å²) in [5, 5.41) is 3.08. The van der Waals surface area contributed by atoms with E-state index in [0.29, 0.717) is 0 Å². The summed E-state index contributed by atoms with van der Waals surface area (Å²) in [5.74, 6) is 0. The zero-order valence-electron chi connectivity index (χ0n) is 9.42. The molecule has 102 valence electrons. The van der Waals surface area contributed by atoms with Gasteiger partial charge >= 0.3 is 6.18 Å². The van der Waals surface area contributed by atoms with Gasteiger partial charge in [-0.25, -0.2) is 0 Å². The molecule has 0 saturated carbocycles. The van der Waals surface area contributed by atoms with Crippen LogP contribution in [0.15, 0.2) is 0 Å². The van der Waals surface area contributed by atoms with Crippen molar-refractivity contribution in [1.29, 1.82) is 0 Å². The molecule has 1 aliphatic heterocycles. The highest BCUT2D eigenvalue weighted by atomic mass is 32.2. The highest BCUT2D eigenvalue weighted by Gasteiger charge is 2.31. The SMILES string of the molecule is CN(CC1CCCN1)S(=O)(=O)NCC(F)(F)F. The van der Waals surface area contributed by atoms with E-state index in [9.17, 15) is 21.6 Å². The number of rotatable bonds is 5. The van der Waals surface area contributed by atoms with Gasteiger partial charge in [0.25, 0.3) is 10.2 Å². The van der Waals surface area contributed by atoms with Crippen LogP contribution in [0.5, 0.6) is 0 Å². The molecule has 1 saturated heterocycles. The van der Waals surface area contributed by atoms with Gasteiger partial charge in [-0.1, -0.05) is 0 Å². The van der Waals surface area contributed by atoms with E-state index in [1.54, 1.807) is 0 Å². The lowest BCUT2D eigenvalue weighted by molar-refractivity contribution is -0.121. The number of hydrogen-bond donors (Lipinski definition) is 2. The van der Waals surface area contributed by atoms with Crippen LogP contribution in [0, 0.1) is 0 Å². The number of halogens is 3. The number of hydrogen-bond acceptors (Lipinski definition) is 3. The van der Waals surface area contributed by atoms with Crippen LogP contribution in [0.4, 0.5) is 13.2 Å². The summed E-state index contributed by atoms with van der Waals surface area (Å²) < 4.78 is 61.0. The van der Waals surface area contributed by atoms with E-state index in [2.05, 4.69) is 5.32 Å². The van der Waals surface area contributed by atoms with Crippen molar-refractivity contribution >= 4 is 10.2 Å². The first kappa shape index (κ1) is 14.7. The fourth-order valence-electron chi connectivity index (χ4n) is 1.60. The number of likely N-dealkylation sites (N-methyl/N-ethyl adjacent to an activating group) is 1. The lowest BCUT2D eigenvalue weighted by Gasteiger charge is -2.21. The first-order valence-corrected chi connectivity index (χ1v) is 6.66. The summed E-state index contributed by atoms with van der Waals surface area (Å²) in [4.78, 5) is 0. The maximum atomic E-state index is 11.9. The summed E-state index contributed by atoms with van der Waals surface area (Å²) in [5.41, 5.74) is 0. The second-order valence-corrected chi connectivity index (χ2v) is 5.88. The molecule has 9 heteroatoms. The second kappa shape index (κ2) is 5.51. The molecule has 1 rings (SSSR count). The van der Waals surface area contributed by atoms with Gasteiger partial charge in [0.05, 0.1) is 0 Å². The van der Waals surface area contributed by atoms with Crippen molar-refractivity contribution < 1.29 is 21.6 Å².